The van der Waals surface area contributed by atoms with Gasteiger partial charge in [-0.3, -0.25) is 4.79 Å². The molecule has 1 saturated heterocycles. The summed E-state index contributed by atoms with van der Waals surface area (Å²) in [4.78, 5) is 13.5. The number of nitrogens with zero attached hydrogens (tertiary/aromatic N) is 1. The summed E-state index contributed by atoms with van der Waals surface area (Å²) in [5.41, 5.74) is 5.69. The van der Waals surface area contributed by atoms with E-state index < -0.39 is 0 Å². The van der Waals surface area contributed by atoms with Crippen LogP contribution in [0.4, 0.5) is 0 Å². The maximum absolute atomic E-state index is 11.7. The molecule has 1 aliphatic rings. The Morgan fingerprint density at radius 3 is 3.00 bits per heavy atom. The lowest BCUT2D eigenvalue weighted by Crippen LogP contribution is -2.42. The maximum atomic E-state index is 11.7. The smallest absolute Gasteiger partial charge is 0.239 e. The average Bonchev–Trinajstić information content (AvgIpc) is 2.64. The van der Waals surface area contributed by atoms with Crippen molar-refractivity contribution in [3.05, 3.63) is 0 Å². The molecule has 4 nitrogen and oxygen atoms in total. The standard InChI is InChI=1S/C10H20N2O2/c1-3-9(11)10(13)12-5-4-8(6-12)7-14-2/h8-9H,3-7,11H2,1-2H3/t8?,9-/m0/s1. The summed E-state index contributed by atoms with van der Waals surface area (Å²) in [6, 6.07) is -0.323. The van der Waals surface area contributed by atoms with Gasteiger partial charge >= 0.3 is 0 Å². The summed E-state index contributed by atoms with van der Waals surface area (Å²) in [6.45, 7) is 4.32. The number of hydrogen-bond donors (Lipinski definition) is 1. The number of likely N-dealkylation sites (tertiary alicyclic amines) is 1. The normalized spacial score (nSPS) is 23.9. The fourth-order valence-corrected chi connectivity index (χ4v) is 1.81. The van der Waals surface area contributed by atoms with E-state index in [1.165, 1.54) is 0 Å². The Morgan fingerprint density at radius 2 is 2.43 bits per heavy atom. The molecule has 0 aromatic carbocycles. The van der Waals surface area contributed by atoms with Crippen LogP contribution in [0.15, 0.2) is 0 Å². The van der Waals surface area contributed by atoms with Gasteiger partial charge in [-0.25, -0.2) is 0 Å². The first-order chi connectivity index (χ1) is 6.69. The summed E-state index contributed by atoms with van der Waals surface area (Å²) >= 11 is 0. The first kappa shape index (κ1) is 11.5. The molecule has 1 fully saturated rings. The molecule has 0 aromatic rings. The summed E-state index contributed by atoms with van der Waals surface area (Å²) in [5, 5.41) is 0. The highest BCUT2D eigenvalue weighted by Crippen LogP contribution is 2.17. The predicted octanol–water partition coefficient (Wildman–Crippen LogP) is 0.219. The topological polar surface area (TPSA) is 55.6 Å². The predicted molar refractivity (Wildman–Crippen MR) is 54.8 cm³/mol. The van der Waals surface area contributed by atoms with E-state index in [1.54, 1.807) is 7.11 Å². The summed E-state index contributed by atoms with van der Waals surface area (Å²) in [7, 11) is 1.70. The van der Waals surface area contributed by atoms with Gasteiger partial charge in [-0.1, -0.05) is 6.92 Å². The van der Waals surface area contributed by atoms with Crippen LogP contribution in [0.5, 0.6) is 0 Å². The fourth-order valence-electron chi connectivity index (χ4n) is 1.81. The number of hydrogen-bond acceptors (Lipinski definition) is 3. The maximum Gasteiger partial charge on any atom is 0.239 e. The number of carbonyl (C=O) groups excluding carboxylic acids is 1. The van der Waals surface area contributed by atoms with Gasteiger partial charge in [0.05, 0.1) is 12.6 Å². The van der Waals surface area contributed by atoms with Gasteiger partial charge < -0.3 is 15.4 Å². The molecule has 82 valence electrons. The number of carbonyl (C=O) groups is 1. The van der Waals surface area contributed by atoms with Crippen molar-refractivity contribution in [3.8, 4) is 0 Å². The highest BCUT2D eigenvalue weighted by atomic mass is 16.5. The molecule has 0 aromatic heterocycles. The van der Waals surface area contributed by atoms with Crippen LogP contribution in [0, 0.1) is 5.92 Å². The Bertz CT molecular complexity index is 197. The largest absolute Gasteiger partial charge is 0.384 e. The van der Waals surface area contributed by atoms with Gasteiger partial charge in [0, 0.05) is 26.1 Å². The molecule has 0 saturated carbocycles. The Balaban J connectivity index is 2.37. The molecule has 1 heterocycles. The van der Waals surface area contributed by atoms with E-state index >= 15 is 0 Å². The van der Waals surface area contributed by atoms with Crippen molar-refractivity contribution in [2.75, 3.05) is 26.8 Å². The molecule has 1 rings (SSSR count). The van der Waals surface area contributed by atoms with E-state index in [0.29, 0.717) is 12.3 Å². The average molecular weight is 200 g/mol. The first-order valence-corrected chi connectivity index (χ1v) is 5.22. The second-order valence-electron chi connectivity index (χ2n) is 3.91. The molecule has 2 atom stereocenters. The first-order valence-electron chi connectivity index (χ1n) is 5.22. The molecule has 0 bridgehead atoms. The molecule has 1 amide bonds. The second kappa shape index (κ2) is 5.32. The lowest BCUT2D eigenvalue weighted by Gasteiger charge is -2.19. The third-order valence-corrected chi connectivity index (χ3v) is 2.76. The molecule has 0 aliphatic carbocycles. The third-order valence-electron chi connectivity index (χ3n) is 2.76. The van der Waals surface area contributed by atoms with E-state index in [-0.39, 0.29) is 11.9 Å². The van der Waals surface area contributed by atoms with Crippen molar-refractivity contribution in [2.24, 2.45) is 11.7 Å². The van der Waals surface area contributed by atoms with Crippen LogP contribution >= 0.6 is 0 Å². The zero-order valence-corrected chi connectivity index (χ0v) is 9.03. The number of methoxy groups -OCH3 is 1. The molecular weight excluding hydrogens is 180 g/mol. The van der Waals surface area contributed by atoms with E-state index in [0.717, 1.165) is 26.1 Å². The van der Waals surface area contributed by atoms with Gasteiger partial charge in [-0.05, 0) is 12.8 Å². The summed E-state index contributed by atoms with van der Waals surface area (Å²) < 4.78 is 5.07. The van der Waals surface area contributed by atoms with Crippen molar-refractivity contribution >= 4 is 5.91 Å². The molecule has 0 radical (unpaired) electrons. The molecule has 2 N–H and O–H groups in total. The Labute approximate surface area is 85.4 Å². The van der Waals surface area contributed by atoms with Gasteiger partial charge in [0.2, 0.25) is 5.91 Å². The van der Waals surface area contributed by atoms with Crippen molar-refractivity contribution < 1.29 is 9.53 Å². The Hall–Kier alpha value is -0.610. The lowest BCUT2D eigenvalue weighted by molar-refractivity contribution is -0.131. The number of nitrogens with two attached hydrogens (primary N) is 1. The monoisotopic (exact) mass is 200 g/mol. The van der Waals surface area contributed by atoms with Crippen LogP contribution in [0.3, 0.4) is 0 Å². The summed E-state index contributed by atoms with van der Waals surface area (Å²) in [6.07, 6.45) is 1.75. The van der Waals surface area contributed by atoms with Gasteiger partial charge in [0.1, 0.15) is 0 Å². The zero-order valence-electron chi connectivity index (χ0n) is 9.03. The minimum atomic E-state index is -0.323. The lowest BCUT2D eigenvalue weighted by atomic mass is 10.1. The van der Waals surface area contributed by atoms with Crippen molar-refractivity contribution in [3.63, 3.8) is 0 Å². The van der Waals surface area contributed by atoms with Crippen LogP contribution in [0.25, 0.3) is 0 Å². The van der Waals surface area contributed by atoms with Crippen molar-refractivity contribution in [1.82, 2.24) is 4.90 Å². The van der Waals surface area contributed by atoms with Crippen LogP contribution < -0.4 is 5.73 Å². The minimum Gasteiger partial charge on any atom is -0.384 e. The third kappa shape index (κ3) is 2.69. The van der Waals surface area contributed by atoms with Crippen LogP contribution in [-0.4, -0.2) is 43.7 Å². The highest BCUT2D eigenvalue weighted by Gasteiger charge is 2.28. The van der Waals surface area contributed by atoms with E-state index in [2.05, 4.69) is 0 Å². The number of rotatable bonds is 4. The van der Waals surface area contributed by atoms with Crippen molar-refractivity contribution in [2.45, 2.75) is 25.8 Å². The van der Waals surface area contributed by atoms with Gasteiger partial charge in [-0.2, -0.15) is 0 Å². The minimum absolute atomic E-state index is 0.0890. The van der Waals surface area contributed by atoms with Gasteiger partial charge in [0.25, 0.3) is 0 Å². The van der Waals surface area contributed by atoms with Crippen LogP contribution in [0.1, 0.15) is 19.8 Å². The SMILES string of the molecule is CC[C@H](N)C(=O)N1CCC(COC)C1. The van der Waals surface area contributed by atoms with E-state index in [4.69, 9.17) is 10.5 Å². The number of amides is 1. The fraction of sp³-hybridized carbons (Fsp3) is 0.900. The molecular formula is C10H20N2O2. The van der Waals surface area contributed by atoms with E-state index in [9.17, 15) is 4.79 Å². The number of ether oxygens (including phenoxy) is 1. The van der Waals surface area contributed by atoms with Gasteiger partial charge in [0.15, 0.2) is 0 Å². The van der Waals surface area contributed by atoms with Crippen molar-refractivity contribution in [1.29, 1.82) is 0 Å². The molecule has 0 spiro atoms. The van der Waals surface area contributed by atoms with Crippen LogP contribution in [0.2, 0.25) is 0 Å². The molecule has 14 heavy (non-hydrogen) atoms. The zero-order chi connectivity index (χ0) is 10.6. The molecule has 1 unspecified atom stereocenters. The van der Waals surface area contributed by atoms with E-state index in [1.807, 2.05) is 11.8 Å². The van der Waals surface area contributed by atoms with Crippen LogP contribution in [-0.2, 0) is 9.53 Å². The quantitative estimate of drug-likeness (QED) is 0.706. The molecule has 1 aliphatic heterocycles. The second-order valence-corrected chi connectivity index (χ2v) is 3.91. The Kier molecular flexibility index (Phi) is 4.35. The summed E-state index contributed by atoms with van der Waals surface area (Å²) in [5.74, 6) is 0.583. The Morgan fingerprint density at radius 1 is 1.71 bits per heavy atom. The highest BCUT2D eigenvalue weighted by molar-refractivity contribution is 5.81. The molecule has 4 heteroatoms. The van der Waals surface area contributed by atoms with Gasteiger partial charge in [-0.15, -0.1) is 0 Å².